The van der Waals surface area contributed by atoms with E-state index in [1.165, 1.54) is 6.20 Å². The second-order valence-electron chi connectivity index (χ2n) is 5.15. The summed E-state index contributed by atoms with van der Waals surface area (Å²) < 4.78 is 0. The predicted octanol–water partition coefficient (Wildman–Crippen LogP) is 2.81. The zero-order chi connectivity index (χ0) is 15.6. The number of aromatic carboxylic acids is 1. The van der Waals surface area contributed by atoms with Crippen LogP contribution in [0.15, 0.2) is 6.20 Å². The van der Waals surface area contributed by atoms with Crippen molar-refractivity contribution in [2.24, 2.45) is 0 Å². The lowest BCUT2D eigenvalue weighted by atomic mass is 10.1. The number of carbonyl (C=O) groups is 1. The summed E-state index contributed by atoms with van der Waals surface area (Å²) in [6, 6.07) is 0. The average Bonchev–Trinajstić information content (AvgIpc) is 2.75. The molecule has 0 aliphatic carbocycles. The molecule has 2 aromatic rings. The zero-order valence-corrected chi connectivity index (χ0v) is 12.5. The minimum Gasteiger partial charge on any atom is -0.478 e. The number of nitrogens with one attached hydrogen (secondary N) is 1. The molecule has 0 radical (unpaired) electrons. The Morgan fingerprint density at radius 3 is 2.52 bits per heavy atom. The van der Waals surface area contributed by atoms with Gasteiger partial charge in [-0.25, -0.2) is 19.7 Å². The molecule has 0 aliphatic rings. The first-order chi connectivity index (χ1) is 9.88. The Hall–Kier alpha value is -2.50. The van der Waals surface area contributed by atoms with Gasteiger partial charge in [0.1, 0.15) is 5.82 Å². The van der Waals surface area contributed by atoms with Gasteiger partial charge in [0.25, 0.3) is 0 Å². The Morgan fingerprint density at radius 1 is 1.29 bits per heavy atom. The number of carboxylic acids is 1. The summed E-state index contributed by atoms with van der Waals surface area (Å²) in [5.74, 6) is 0.197. The predicted molar refractivity (Wildman–Crippen MR) is 80.1 cm³/mol. The largest absolute Gasteiger partial charge is 0.478 e. The second kappa shape index (κ2) is 5.87. The van der Waals surface area contributed by atoms with E-state index in [1.54, 1.807) is 12.2 Å². The van der Waals surface area contributed by atoms with Gasteiger partial charge in [-0.3, -0.25) is 0 Å². The molecule has 0 aromatic carbocycles. The molecule has 2 rings (SSSR count). The monoisotopic (exact) mass is 286 g/mol. The summed E-state index contributed by atoms with van der Waals surface area (Å²) in [4.78, 5) is 27.0. The third-order valence-corrected chi connectivity index (χ3v) is 3.15. The highest BCUT2D eigenvalue weighted by atomic mass is 16.4. The van der Waals surface area contributed by atoms with E-state index in [0.29, 0.717) is 11.5 Å². The molecule has 0 spiro atoms. The summed E-state index contributed by atoms with van der Waals surface area (Å²) >= 11 is 0. The van der Waals surface area contributed by atoms with Crippen molar-refractivity contribution in [3.05, 3.63) is 40.5 Å². The number of carboxylic acid groups (broad SMARTS) is 1. The van der Waals surface area contributed by atoms with Gasteiger partial charge in [-0.2, -0.15) is 0 Å². The highest BCUT2D eigenvalue weighted by molar-refractivity contribution is 5.88. The lowest BCUT2D eigenvalue weighted by Gasteiger charge is -2.08. The molecule has 0 atom stereocenters. The van der Waals surface area contributed by atoms with Gasteiger partial charge in [0.15, 0.2) is 5.82 Å². The van der Waals surface area contributed by atoms with E-state index in [9.17, 15) is 4.79 Å². The van der Waals surface area contributed by atoms with Crippen LogP contribution < -0.4 is 0 Å². The Labute approximate surface area is 123 Å². The number of aryl methyl sites for hydroxylation is 2. The maximum atomic E-state index is 11.1. The molecular weight excluding hydrogens is 268 g/mol. The van der Waals surface area contributed by atoms with Crippen LogP contribution in [-0.4, -0.2) is 31.0 Å². The van der Waals surface area contributed by atoms with Crippen molar-refractivity contribution in [1.82, 2.24) is 19.9 Å². The normalized spacial score (nSPS) is 11.5. The first kappa shape index (κ1) is 14.9. The average molecular weight is 286 g/mol. The molecule has 21 heavy (non-hydrogen) atoms. The molecule has 6 nitrogen and oxygen atoms in total. The molecule has 2 N–H and O–H groups in total. The van der Waals surface area contributed by atoms with Gasteiger partial charge in [-0.1, -0.05) is 13.8 Å². The molecule has 2 aromatic heterocycles. The van der Waals surface area contributed by atoms with Crippen molar-refractivity contribution in [3.63, 3.8) is 0 Å². The highest BCUT2D eigenvalue weighted by Crippen LogP contribution is 2.17. The number of H-pyrrole nitrogens is 1. The van der Waals surface area contributed by atoms with Crippen LogP contribution in [0.5, 0.6) is 0 Å². The summed E-state index contributed by atoms with van der Waals surface area (Å²) in [7, 11) is 0. The fourth-order valence-corrected chi connectivity index (χ4v) is 1.90. The standard InChI is InChI=1S/C15H18N4O2/c1-8(2)14-11(15(20)21)7-16-12(19-14)5-6-13-17-9(3)10(4)18-13/h5-8H,1-4H3,(H,17,18)(H,20,21)/b6-5+. The highest BCUT2D eigenvalue weighted by Gasteiger charge is 2.15. The number of nitrogens with zero attached hydrogens (tertiary/aromatic N) is 3. The van der Waals surface area contributed by atoms with Crippen molar-refractivity contribution in [1.29, 1.82) is 0 Å². The van der Waals surface area contributed by atoms with Crippen LogP contribution in [0.4, 0.5) is 0 Å². The minimum atomic E-state index is -1.01. The van der Waals surface area contributed by atoms with E-state index in [2.05, 4.69) is 19.9 Å². The number of rotatable bonds is 4. The van der Waals surface area contributed by atoms with E-state index >= 15 is 0 Å². The molecule has 0 amide bonds. The molecule has 0 bridgehead atoms. The summed E-state index contributed by atoms with van der Waals surface area (Å²) in [5.41, 5.74) is 2.63. The summed E-state index contributed by atoms with van der Waals surface area (Å²) in [6.07, 6.45) is 4.85. The van der Waals surface area contributed by atoms with Gasteiger partial charge in [0.2, 0.25) is 0 Å². The molecular formula is C15H18N4O2. The van der Waals surface area contributed by atoms with E-state index in [-0.39, 0.29) is 11.5 Å². The second-order valence-corrected chi connectivity index (χ2v) is 5.15. The van der Waals surface area contributed by atoms with Gasteiger partial charge in [-0.15, -0.1) is 0 Å². The lowest BCUT2D eigenvalue weighted by molar-refractivity contribution is 0.0694. The Morgan fingerprint density at radius 2 is 2.00 bits per heavy atom. The maximum Gasteiger partial charge on any atom is 0.339 e. The van der Waals surface area contributed by atoms with Crippen molar-refractivity contribution in [2.75, 3.05) is 0 Å². The van der Waals surface area contributed by atoms with Crippen LogP contribution in [0.25, 0.3) is 12.2 Å². The molecule has 0 saturated heterocycles. The lowest BCUT2D eigenvalue weighted by Crippen LogP contribution is -2.08. The molecule has 0 fully saturated rings. The van der Waals surface area contributed by atoms with E-state index < -0.39 is 5.97 Å². The van der Waals surface area contributed by atoms with Crippen molar-refractivity contribution < 1.29 is 9.90 Å². The third kappa shape index (κ3) is 3.34. The molecule has 110 valence electrons. The quantitative estimate of drug-likeness (QED) is 0.901. The van der Waals surface area contributed by atoms with Crippen LogP contribution in [-0.2, 0) is 0 Å². The Bertz CT molecular complexity index is 682. The fourth-order valence-electron chi connectivity index (χ4n) is 1.90. The minimum absolute atomic E-state index is 0.0133. The summed E-state index contributed by atoms with van der Waals surface area (Å²) in [5, 5.41) is 9.13. The SMILES string of the molecule is Cc1nc(/C=C/c2ncc(C(=O)O)c(C(C)C)n2)[nH]c1C. The van der Waals surface area contributed by atoms with Gasteiger partial charge < -0.3 is 10.1 Å². The van der Waals surface area contributed by atoms with Crippen molar-refractivity contribution in [3.8, 4) is 0 Å². The number of hydrogen-bond acceptors (Lipinski definition) is 4. The van der Waals surface area contributed by atoms with Gasteiger partial charge >= 0.3 is 5.97 Å². The number of imidazole rings is 1. The first-order valence-corrected chi connectivity index (χ1v) is 6.70. The van der Waals surface area contributed by atoms with E-state index in [1.807, 2.05) is 27.7 Å². The van der Waals surface area contributed by atoms with Gasteiger partial charge in [0, 0.05) is 11.9 Å². The van der Waals surface area contributed by atoms with Crippen molar-refractivity contribution >= 4 is 18.1 Å². The van der Waals surface area contributed by atoms with Crippen LogP contribution >= 0.6 is 0 Å². The number of aromatic amines is 1. The van der Waals surface area contributed by atoms with Crippen LogP contribution in [0.1, 0.15) is 58.9 Å². The fraction of sp³-hybridized carbons (Fsp3) is 0.333. The first-order valence-electron chi connectivity index (χ1n) is 6.70. The maximum absolute atomic E-state index is 11.1. The smallest absolute Gasteiger partial charge is 0.339 e. The molecule has 0 aliphatic heterocycles. The number of hydrogen-bond donors (Lipinski definition) is 2. The zero-order valence-electron chi connectivity index (χ0n) is 12.5. The number of aromatic nitrogens is 4. The van der Waals surface area contributed by atoms with Crippen LogP contribution in [0, 0.1) is 13.8 Å². The van der Waals surface area contributed by atoms with E-state index in [0.717, 1.165) is 17.2 Å². The molecule has 0 saturated carbocycles. The summed E-state index contributed by atoms with van der Waals surface area (Å²) in [6.45, 7) is 7.69. The van der Waals surface area contributed by atoms with Crippen LogP contribution in [0.3, 0.4) is 0 Å². The Kier molecular flexibility index (Phi) is 4.16. The molecule has 6 heteroatoms. The Balaban J connectivity index is 2.32. The van der Waals surface area contributed by atoms with Gasteiger partial charge in [0.05, 0.1) is 17.0 Å². The molecule has 2 heterocycles. The van der Waals surface area contributed by atoms with Gasteiger partial charge in [-0.05, 0) is 31.9 Å². The topological polar surface area (TPSA) is 91.8 Å². The molecule has 0 unspecified atom stereocenters. The van der Waals surface area contributed by atoms with E-state index in [4.69, 9.17) is 5.11 Å². The van der Waals surface area contributed by atoms with Crippen LogP contribution in [0.2, 0.25) is 0 Å². The van der Waals surface area contributed by atoms with Crippen molar-refractivity contribution in [2.45, 2.75) is 33.6 Å². The third-order valence-electron chi connectivity index (χ3n) is 3.15.